The van der Waals surface area contributed by atoms with Crippen LogP contribution < -0.4 is 14.5 Å². The largest absolute Gasteiger partial charge is 0.493 e. The van der Waals surface area contributed by atoms with Crippen LogP contribution in [0.3, 0.4) is 0 Å². The van der Waals surface area contributed by atoms with Crippen LogP contribution in [0.1, 0.15) is 28.4 Å². The van der Waals surface area contributed by atoms with Gasteiger partial charge < -0.3 is 14.6 Å². The third kappa shape index (κ3) is 4.77. The van der Waals surface area contributed by atoms with Crippen LogP contribution in [0.25, 0.3) is 6.08 Å². The Labute approximate surface area is 191 Å². The van der Waals surface area contributed by atoms with E-state index in [1.54, 1.807) is 44.4 Å². The predicted molar refractivity (Wildman–Crippen MR) is 126 cm³/mol. The molecular formula is C26H22N2O5. The molecule has 33 heavy (non-hydrogen) atoms. The molecule has 0 unspecified atom stereocenters. The van der Waals surface area contributed by atoms with Gasteiger partial charge in [-0.25, -0.2) is 4.79 Å². The van der Waals surface area contributed by atoms with E-state index in [4.69, 9.17) is 9.47 Å². The van der Waals surface area contributed by atoms with Crippen molar-refractivity contribution in [2.75, 3.05) is 12.1 Å². The molecule has 0 radical (unpaired) electrons. The molecule has 7 nitrogen and oxygen atoms in total. The number of hydrogen-bond acceptors (Lipinski definition) is 5. The van der Waals surface area contributed by atoms with Crippen molar-refractivity contribution in [1.82, 2.24) is 0 Å². The molecule has 0 bridgehead atoms. The van der Waals surface area contributed by atoms with Gasteiger partial charge in [0, 0.05) is 0 Å². The smallest absolute Gasteiger partial charge is 0.335 e. The standard InChI is InChI=1S/C26H22N2O5/c1-17-22(25(29)28(27-17)21-10-6-9-20(15-21)26(30)31)13-19-11-12-23(24(14-19)32-2)33-16-18-7-4-3-5-8-18/h3-15H,16H2,1-2H3,(H,30,31)/b22-13-. The van der Waals surface area contributed by atoms with Crippen molar-refractivity contribution in [2.45, 2.75) is 13.5 Å². The molecule has 0 atom stereocenters. The number of carbonyl (C=O) groups excluding carboxylic acids is 1. The first-order valence-electron chi connectivity index (χ1n) is 10.3. The number of hydrogen-bond donors (Lipinski definition) is 1. The number of nitrogens with zero attached hydrogens (tertiary/aromatic N) is 2. The maximum absolute atomic E-state index is 13.0. The lowest BCUT2D eigenvalue weighted by molar-refractivity contribution is -0.114. The van der Waals surface area contributed by atoms with Gasteiger partial charge in [-0.3, -0.25) is 4.79 Å². The number of rotatable bonds is 7. The van der Waals surface area contributed by atoms with E-state index in [1.165, 1.54) is 17.1 Å². The van der Waals surface area contributed by atoms with Crippen LogP contribution in [0.2, 0.25) is 0 Å². The van der Waals surface area contributed by atoms with E-state index in [2.05, 4.69) is 5.10 Å². The van der Waals surface area contributed by atoms with Crippen molar-refractivity contribution < 1.29 is 24.2 Å². The molecule has 1 aliphatic heterocycles. The number of amides is 1. The summed E-state index contributed by atoms with van der Waals surface area (Å²) in [6.07, 6.45) is 1.73. The van der Waals surface area contributed by atoms with Gasteiger partial charge in [0.1, 0.15) is 6.61 Å². The Morgan fingerprint density at radius 3 is 2.55 bits per heavy atom. The van der Waals surface area contributed by atoms with E-state index in [1.807, 2.05) is 36.4 Å². The Balaban J connectivity index is 1.56. The van der Waals surface area contributed by atoms with Crippen molar-refractivity contribution in [3.05, 3.63) is 95.1 Å². The van der Waals surface area contributed by atoms with Crippen LogP contribution in [0.15, 0.2) is 83.5 Å². The number of hydrazone groups is 1. The SMILES string of the molecule is COc1cc(/C=C2\C(=O)N(c3cccc(C(=O)O)c3)N=C2C)ccc1OCc1ccccc1. The molecule has 1 aliphatic rings. The van der Waals surface area contributed by atoms with Crippen molar-refractivity contribution >= 4 is 29.4 Å². The van der Waals surface area contributed by atoms with Crippen molar-refractivity contribution in [1.29, 1.82) is 0 Å². The van der Waals surface area contributed by atoms with Crippen LogP contribution in [0.4, 0.5) is 5.69 Å². The summed E-state index contributed by atoms with van der Waals surface area (Å²) in [5.74, 6) is -0.259. The molecule has 1 amide bonds. The second kappa shape index (κ2) is 9.40. The van der Waals surface area contributed by atoms with E-state index in [0.29, 0.717) is 35.1 Å². The minimum absolute atomic E-state index is 0.0846. The number of ether oxygens (including phenoxy) is 2. The first kappa shape index (κ1) is 21.8. The number of benzene rings is 3. The molecule has 7 heteroatoms. The van der Waals surface area contributed by atoms with Crippen molar-refractivity contribution in [3.63, 3.8) is 0 Å². The van der Waals surface area contributed by atoms with Gasteiger partial charge in [0.2, 0.25) is 0 Å². The summed E-state index contributed by atoms with van der Waals surface area (Å²) in [6.45, 7) is 2.14. The Morgan fingerprint density at radius 2 is 1.82 bits per heavy atom. The summed E-state index contributed by atoms with van der Waals surface area (Å²) in [5, 5.41) is 14.8. The topological polar surface area (TPSA) is 88.4 Å². The number of anilines is 1. The third-order valence-electron chi connectivity index (χ3n) is 5.14. The summed E-state index contributed by atoms with van der Waals surface area (Å²) >= 11 is 0. The van der Waals surface area contributed by atoms with Crippen LogP contribution in [-0.2, 0) is 11.4 Å². The number of methoxy groups -OCH3 is 1. The second-order valence-electron chi connectivity index (χ2n) is 7.40. The molecule has 0 saturated carbocycles. The lowest BCUT2D eigenvalue weighted by Crippen LogP contribution is -2.21. The highest BCUT2D eigenvalue weighted by Crippen LogP contribution is 2.31. The minimum atomic E-state index is -1.07. The van der Waals surface area contributed by atoms with E-state index in [9.17, 15) is 14.7 Å². The van der Waals surface area contributed by atoms with Gasteiger partial charge in [-0.05, 0) is 54.5 Å². The monoisotopic (exact) mass is 442 g/mol. The van der Waals surface area contributed by atoms with Crippen LogP contribution in [0, 0.1) is 0 Å². The molecule has 0 saturated heterocycles. The average molecular weight is 442 g/mol. The Bertz CT molecular complexity index is 1260. The van der Waals surface area contributed by atoms with E-state index < -0.39 is 5.97 Å². The fraction of sp³-hybridized carbons (Fsp3) is 0.115. The molecule has 1 N–H and O–H groups in total. The zero-order valence-electron chi connectivity index (χ0n) is 18.2. The maximum Gasteiger partial charge on any atom is 0.335 e. The summed E-state index contributed by atoms with van der Waals surface area (Å²) in [6, 6.07) is 21.4. The molecule has 0 aliphatic carbocycles. The Kier molecular flexibility index (Phi) is 6.22. The summed E-state index contributed by atoms with van der Waals surface area (Å²) < 4.78 is 11.4. The molecule has 0 fully saturated rings. The van der Waals surface area contributed by atoms with Gasteiger partial charge in [-0.2, -0.15) is 10.1 Å². The average Bonchev–Trinajstić information content (AvgIpc) is 3.12. The van der Waals surface area contributed by atoms with Gasteiger partial charge in [0.15, 0.2) is 11.5 Å². The summed E-state index contributed by atoms with van der Waals surface area (Å²) in [7, 11) is 1.56. The van der Waals surface area contributed by atoms with Crippen molar-refractivity contribution in [3.8, 4) is 11.5 Å². The number of carboxylic acids is 1. The molecular weight excluding hydrogens is 420 g/mol. The molecule has 0 aromatic heterocycles. The quantitative estimate of drug-likeness (QED) is 0.532. The number of aromatic carboxylic acids is 1. The third-order valence-corrected chi connectivity index (χ3v) is 5.14. The van der Waals surface area contributed by atoms with Gasteiger partial charge in [0.25, 0.3) is 5.91 Å². The van der Waals surface area contributed by atoms with Gasteiger partial charge >= 0.3 is 5.97 Å². The molecule has 166 valence electrons. The van der Waals surface area contributed by atoms with E-state index in [0.717, 1.165) is 11.1 Å². The first-order chi connectivity index (χ1) is 16.0. The predicted octanol–water partition coefficient (Wildman–Crippen LogP) is 4.78. The second-order valence-corrected chi connectivity index (χ2v) is 7.40. The van der Waals surface area contributed by atoms with Crippen molar-refractivity contribution in [2.24, 2.45) is 5.10 Å². The maximum atomic E-state index is 13.0. The van der Waals surface area contributed by atoms with Crippen LogP contribution in [0.5, 0.6) is 11.5 Å². The molecule has 0 spiro atoms. The first-order valence-corrected chi connectivity index (χ1v) is 10.3. The zero-order valence-corrected chi connectivity index (χ0v) is 18.2. The summed E-state index contributed by atoms with van der Waals surface area (Å²) in [5.41, 5.74) is 3.21. The van der Waals surface area contributed by atoms with Crippen LogP contribution >= 0.6 is 0 Å². The lowest BCUT2D eigenvalue weighted by Gasteiger charge is -2.13. The Morgan fingerprint density at radius 1 is 1.03 bits per heavy atom. The highest BCUT2D eigenvalue weighted by atomic mass is 16.5. The fourth-order valence-electron chi connectivity index (χ4n) is 3.43. The molecule has 1 heterocycles. The molecule has 3 aromatic rings. The number of carbonyl (C=O) groups is 2. The zero-order chi connectivity index (χ0) is 23.4. The normalized spacial score (nSPS) is 14.4. The highest BCUT2D eigenvalue weighted by molar-refractivity contribution is 6.32. The fourth-order valence-corrected chi connectivity index (χ4v) is 3.43. The number of carboxylic acid groups (broad SMARTS) is 1. The van der Waals surface area contributed by atoms with E-state index in [-0.39, 0.29) is 11.5 Å². The van der Waals surface area contributed by atoms with E-state index >= 15 is 0 Å². The van der Waals surface area contributed by atoms with Crippen LogP contribution in [-0.4, -0.2) is 29.8 Å². The van der Waals surface area contributed by atoms with Gasteiger partial charge in [-0.1, -0.05) is 42.5 Å². The van der Waals surface area contributed by atoms with Gasteiger partial charge in [0.05, 0.1) is 29.6 Å². The lowest BCUT2D eigenvalue weighted by atomic mass is 10.1. The minimum Gasteiger partial charge on any atom is -0.493 e. The molecule has 4 rings (SSSR count). The highest BCUT2D eigenvalue weighted by Gasteiger charge is 2.29. The van der Waals surface area contributed by atoms with Gasteiger partial charge in [-0.15, -0.1) is 0 Å². The molecule has 3 aromatic carbocycles. The Hall–Kier alpha value is -4.39. The summed E-state index contributed by atoms with van der Waals surface area (Å²) in [4.78, 5) is 24.3.